The van der Waals surface area contributed by atoms with Gasteiger partial charge < -0.3 is 20.9 Å². The molecule has 0 radical (unpaired) electrons. The number of hydrogen-bond acceptors (Lipinski definition) is 4. The van der Waals surface area contributed by atoms with Gasteiger partial charge in [-0.1, -0.05) is 62.8 Å². The van der Waals surface area contributed by atoms with Crippen LogP contribution < -0.4 is 20.9 Å². The highest BCUT2D eigenvalue weighted by molar-refractivity contribution is 5.65. The SMILES string of the molecule is COc1ccc(C=C(N)C(=Cc2ccc(OC)cc2)CCCCCCCCCCN)cc1. The topological polar surface area (TPSA) is 70.5 Å². The third-order valence-electron chi connectivity index (χ3n) is 5.67. The minimum absolute atomic E-state index is 0.813. The molecular formula is C28H40N2O2. The maximum atomic E-state index is 6.56. The van der Waals surface area contributed by atoms with Crippen LogP contribution in [0, 0.1) is 0 Å². The predicted molar refractivity (Wildman–Crippen MR) is 137 cm³/mol. The van der Waals surface area contributed by atoms with Gasteiger partial charge in [-0.2, -0.15) is 0 Å². The van der Waals surface area contributed by atoms with Crippen LogP contribution in [0.4, 0.5) is 0 Å². The highest BCUT2D eigenvalue weighted by Gasteiger charge is 2.04. The Balaban J connectivity index is 2.00. The van der Waals surface area contributed by atoms with Crippen molar-refractivity contribution in [3.8, 4) is 11.5 Å². The molecule has 0 fully saturated rings. The summed E-state index contributed by atoms with van der Waals surface area (Å²) in [6.45, 7) is 0.814. The Labute approximate surface area is 194 Å². The first-order valence-electron chi connectivity index (χ1n) is 11.8. The Morgan fingerprint density at radius 3 is 1.56 bits per heavy atom. The molecule has 0 amide bonds. The average Bonchev–Trinajstić information content (AvgIpc) is 2.83. The van der Waals surface area contributed by atoms with Crippen molar-refractivity contribution in [1.29, 1.82) is 0 Å². The summed E-state index contributed by atoms with van der Waals surface area (Å²) in [6.07, 6.45) is 15.2. The van der Waals surface area contributed by atoms with Crippen molar-refractivity contribution in [3.05, 3.63) is 70.9 Å². The van der Waals surface area contributed by atoms with Gasteiger partial charge in [-0.05, 0) is 78.9 Å². The van der Waals surface area contributed by atoms with Gasteiger partial charge in [0.25, 0.3) is 0 Å². The Morgan fingerprint density at radius 2 is 1.09 bits per heavy atom. The Kier molecular flexibility index (Phi) is 12.1. The van der Waals surface area contributed by atoms with Gasteiger partial charge in [0.2, 0.25) is 0 Å². The number of allylic oxidation sites excluding steroid dienone is 1. The highest BCUT2D eigenvalue weighted by atomic mass is 16.5. The van der Waals surface area contributed by atoms with E-state index in [2.05, 4.69) is 18.2 Å². The van der Waals surface area contributed by atoms with E-state index in [-0.39, 0.29) is 0 Å². The van der Waals surface area contributed by atoms with Crippen molar-refractivity contribution in [2.75, 3.05) is 20.8 Å². The van der Waals surface area contributed by atoms with E-state index in [1.807, 2.05) is 42.5 Å². The zero-order valence-electron chi connectivity index (χ0n) is 19.8. The Morgan fingerprint density at radius 1 is 0.656 bits per heavy atom. The van der Waals surface area contributed by atoms with Gasteiger partial charge in [0.15, 0.2) is 0 Å². The van der Waals surface area contributed by atoms with Gasteiger partial charge in [0, 0.05) is 5.70 Å². The Hall–Kier alpha value is -2.72. The molecule has 2 rings (SSSR count). The molecule has 0 aliphatic rings. The third kappa shape index (κ3) is 9.61. The molecule has 0 unspecified atom stereocenters. The van der Waals surface area contributed by atoms with Crippen LogP contribution in [0.3, 0.4) is 0 Å². The van der Waals surface area contributed by atoms with E-state index in [1.165, 1.54) is 44.1 Å². The second-order valence-electron chi connectivity index (χ2n) is 8.18. The minimum atomic E-state index is 0.813. The summed E-state index contributed by atoms with van der Waals surface area (Å²) >= 11 is 0. The molecule has 4 nitrogen and oxygen atoms in total. The quantitative estimate of drug-likeness (QED) is 0.245. The number of rotatable bonds is 15. The normalized spacial score (nSPS) is 12.1. The van der Waals surface area contributed by atoms with E-state index in [0.29, 0.717) is 0 Å². The van der Waals surface area contributed by atoms with Crippen molar-refractivity contribution in [2.45, 2.75) is 57.8 Å². The predicted octanol–water partition coefficient (Wildman–Crippen LogP) is 6.56. The minimum Gasteiger partial charge on any atom is -0.497 e. The van der Waals surface area contributed by atoms with Crippen molar-refractivity contribution in [3.63, 3.8) is 0 Å². The van der Waals surface area contributed by atoms with Crippen molar-refractivity contribution in [1.82, 2.24) is 0 Å². The lowest BCUT2D eigenvalue weighted by molar-refractivity contribution is 0.414. The van der Waals surface area contributed by atoms with E-state index in [4.69, 9.17) is 20.9 Å². The van der Waals surface area contributed by atoms with Gasteiger partial charge >= 0.3 is 0 Å². The lowest BCUT2D eigenvalue weighted by atomic mass is 9.99. The van der Waals surface area contributed by atoms with E-state index >= 15 is 0 Å². The van der Waals surface area contributed by atoms with Crippen LogP contribution in [-0.2, 0) is 0 Å². The van der Waals surface area contributed by atoms with Crippen LogP contribution in [0.15, 0.2) is 59.8 Å². The summed E-state index contributed by atoms with van der Waals surface area (Å²) in [5.74, 6) is 1.70. The molecule has 0 heterocycles. The number of unbranched alkanes of at least 4 members (excludes halogenated alkanes) is 7. The number of hydrogen-bond donors (Lipinski definition) is 2. The van der Waals surface area contributed by atoms with Crippen molar-refractivity contribution < 1.29 is 9.47 Å². The zero-order chi connectivity index (χ0) is 23.0. The summed E-state index contributed by atoms with van der Waals surface area (Å²) in [5.41, 5.74) is 16.3. The fourth-order valence-corrected chi connectivity index (χ4v) is 3.69. The molecule has 0 aliphatic heterocycles. The Bertz CT molecular complexity index is 824. The maximum Gasteiger partial charge on any atom is 0.118 e. The summed E-state index contributed by atoms with van der Waals surface area (Å²) in [4.78, 5) is 0. The van der Waals surface area contributed by atoms with E-state index in [1.54, 1.807) is 14.2 Å². The van der Waals surface area contributed by atoms with E-state index in [0.717, 1.165) is 54.1 Å². The van der Waals surface area contributed by atoms with Gasteiger partial charge in [0.05, 0.1) is 14.2 Å². The molecule has 0 aromatic heterocycles. The van der Waals surface area contributed by atoms with Crippen LogP contribution >= 0.6 is 0 Å². The van der Waals surface area contributed by atoms with Gasteiger partial charge in [-0.25, -0.2) is 0 Å². The molecule has 2 aromatic carbocycles. The second kappa shape index (κ2) is 15.1. The summed E-state index contributed by atoms with van der Waals surface area (Å²) in [7, 11) is 3.36. The van der Waals surface area contributed by atoms with Crippen LogP contribution in [0.25, 0.3) is 12.2 Å². The number of nitrogens with two attached hydrogens (primary N) is 2. The van der Waals surface area contributed by atoms with Crippen LogP contribution in [0.1, 0.15) is 68.9 Å². The smallest absolute Gasteiger partial charge is 0.118 e. The second-order valence-corrected chi connectivity index (χ2v) is 8.18. The fourth-order valence-electron chi connectivity index (χ4n) is 3.69. The molecule has 0 bridgehead atoms. The van der Waals surface area contributed by atoms with Crippen LogP contribution in [-0.4, -0.2) is 20.8 Å². The molecule has 32 heavy (non-hydrogen) atoms. The molecule has 174 valence electrons. The largest absolute Gasteiger partial charge is 0.497 e. The monoisotopic (exact) mass is 436 g/mol. The summed E-state index contributed by atoms with van der Waals surface area (Å²) < 4.78 is 10.5. The molecule has 2 aromatic rings. The zero-order valence-corrected chi connectivity index (χ0v) is 19.8. The lowest BCUT2D eigenvalue weighted by Gasteiger charge is -2.10. The first-order chi connectivity index (χ1) is 15.7. The van der Waals surface area contributed by atoms with Gasteiger partial charge in [-0.3, -0.25) is 0 Å². The third-order valence-corrected chi connectivity index (χ3v) is 5.67. The summed E-state index contributed by atoms with van der Waals surface area (Å²) in [5, 5.41) is 0. The van der Waals surface area contributed by atoms with Crippen LogP contribution in [0.5, 0.6) is 11.5 Å². The molecule has 0 saturated carbocycles. The standard InChI is InChI=1S/C28H40N2O2/c1-31-26-16-12-23(13-17-26)21-25(11-9-7-5-3-4-6-8-10-20-29)28(30)22-24-14-18-27(32-2)19-15-24/h12-19,21-22H,3-11,20,29-30H2,1-2H3. The van der Waals surface area contributed by atoms with Gasteiger partial charge in [-0.15, -0.1) is 0 Å². The molecule has 4 heteroatoms. The molecule has 0 spiro atoms. The van der Waals surface area contributed by atoms with Crippen LogP contribution in [0.2, 0.25) is 0 Å². The molecule has 0 atom stereocenters. The number of benzene rings is 2. The lowest BCUT2D eigenvalue weighted by Crippen LogP contribution is -2.02. The molecule has 4 N–H and O–H groups in total. The van der Waals surface area contributed by atoms with Crippen molar-refractivity contribution in [2.24, 2.45) is 11.5 Å². The first kappa shape index (κ1) is 25.5. The van der Waals surface area contributed by atoms with E-state index < -0.39 is 0 Å². The summed E-state index contributed by atoms with van der Waals surface area (Å²) in [6, 6.07) is 16.1. The molecular weight excluding hydrogens is 396 g/mol. The fraction of sp³-hybridized carbons (Fsp3) is 0.429. The van der Waals surface area contributed by atoms with Crippen molar-refractivity contribution >= 4 is 12.2 Å². The number of ether oxygens (including phenoxy) is 2. The first-order valence-corrected chi connectivity index (χ1v) is 11.8. The molecule has 0 aliphatic carbocycles. The average molecular weight is 437 g/mol. The maximum absolute atomic E-state index is 6.56. The van der Waals surface area contributed by atoms with Gasteiger partial charge in [0.1, 0.15) is 11.5 Å². The molecule has 0 saturated heterocycles. The van der Waals surface area contributed by atoms with E-state index in [9.17, 15) is 0 Å². The highest BCUT2D eigenvalue weighted by Crippen LogP contribution is 2.23. The number of methoxy groups -OCH3 is 2.